The van der Waals surface area contributed by atoms with Crippen LogP contribution in [0, 0.1) is 0 Å². The normalized spacial score (nSPS) is 15.7. The van der Waals surface area contributed by atoms with E-state index in [1.54, 1.807) is 5.38 Å². The summed E-state index contributed by atoms with van der Waals surface area (Å²) in [5.41, 5.74) is 2.32. The van der Waals surface area contributed by atoms with Gasteiger partial charge in [-0.2, -0.15) is 0 Å². The van der Waals surface area contributed by atoms with Gasteiger partial charge in [-0.3, -0.25) is 9.52 Å². The van der Waals surface area contributed by atoms with Crippen molar-refractivity contribution in [1.29, 1.82) is 0 Å². The molecular weight excluding hydrogens is 446 g/mol. The predicted molar refractivity (Wildman–Crippen MR) is 116 cm³/mol. The lowest BCUT2D eigenvalue weighted by Crippen LogP contribution is -2.30. The van der Waals surface area contributed by atoms with Crippen molar-refractivity contribution >= 4 is 44.0 Å². The third-order valence-corrected chi connectivity index (χ3v) is 7.07. The highest BCUT2D eigenvalue weighted by molar-refractivity contribution is 7.93. The Bertz CT molecular complexity index is 1190. The Labute approximate surface area is 183 Å². The van der Waals surface area contributed by atoms with Crippen LogP contribution < -0.4 is 14.8 Å². The number of carbonyl (C=O) groups excluding carboxylic acids is 1. The Morgan fingerprint density at radius 2 is 2.00 bits per heavy atom. The predicted octanol–water partition coefficient (Wildman–Crippen LogP) is 4.22. The zero-order chi connectivity index (χ0) is 21.3. The summed E-state index contributed by atoms with van der Waals surface area (Å²) in [5.74, 6) is 0.619. The van der Waals surface area contributed by atoms with Crippen LogP contribution >= 0.6 is 22.9 Å². The van der Waals surface area contributed by atoms with E-state index < -0.39 is 10.0 Å². The van der Waals surface area contributed by atoms with Gasteiger partial charge in [0.15, 0.2) is 5.13 Å². The van der Waals surface area contributed by atoms with Crippen molar-refractivity contribution in [3.8, 4) is 17.0 Å². The van der Waals surface area contributed by atoms with E-state index in [-0.39, 0.29) is 22.0 Å². The molecule has 0 radical (unpaired) electrons. The summed E-state index contributed by atoms with van der Waals surface area (Å²) in [6.45, 7) is 2.02. The summed E-state index contributed by atoms with van der Waals surface area (Å²) >= 11 is 7.01. The van der Waals surface area contributed by atoms with Gasteiger partial charge in [-0.15, -0.1) is 11.3 Å². The number of benzene rings is 2. The number of hydrogen-bond acceptors (Lipinski definition) is 6. The Morgan fingerprint density at radius 3 is 2.73 bits per heavy atom. The highest BCUT2D eigenvalue weighted by atomic mass is 35.5. The van der Waals surface area contributed by atoms with E-state index in [9.17, 15) is 13.2 Å². The molecular formula is C20H18ClN3O4S2. The minimum absolute atomic E-state index is 0.104. The number of halogens is 1. The lowest BCUT2D eigenvalue weighted by molar-refractivity contribution is -0.119. The van der Waals surface area contributed by atoms with Crippen LogP contribution in [0.3, 0.4) is 0 Å². The Balaban J connectivity index is 1.58. The molecule has 7 nitrogen and oxygen atoms in total. The van der Waals surface area contributed by atoms with Crippen LogP contribution in [0.1, 0.15) is 24.9 Å². The molecule has 0 spiro atoms. The second-order valence-electron chi connectivity index (χ2n) is 6.74. The number of anilines is 1. The molecule has 0 bridgehead atoms. The minimum Gasteiger partial charge on any atom is -0.493 e. The highest BCUT2D eigenvalue weighted by Gasteiger charge is 2.23. The van der Waals surface area contributed by atoms with Gasteiger partial charge in [-0.05, 0) is 42.5 Å². The van der Waals surface area contributed by atoms with Gasteiger partial charge in [0.1, 0.15) is 5.75 Å². The van der Waals surface area contributed by atoms with Crippen molar-refractivity contribution in [2.75, 3.05) is 11.3 Å². The first-order valence-electron chi connectivity index (χ1n) is 9.10. The van der Waals surface area contributed by atoms with Crippen LogP contribution in [0.2, 0.25) is 5.02 Å². The van der Waals surface area contributed by atoms with Gasteiger partial charge in [0, 0.05) is 34.9 Å². The van der Waals surface area contributed by atoms with Crippen LogP contribution in [0.5, 0.6) is 5.75 Å². The van der Waals surface area contributed by atoms with Crippen LogP contribution in [0.4, 0.5) is 5.13 Å². The fourth-order valence-corrected chi connectivity index (χ4v) is 5.29. The molecule has 2 aromatic carbocycles. The Morgan fingerprint density at radius 1 is 1.23 bits per heavy atom. The number of amides is 1. The summed E-state index contributed by atoms with van der Waals surface area (Å²) in [7, 11) is -3.76. The largest absolute Gasteiger partial charge is 0.493 e. The van der Waals surface area contributed by atoms with Gasteiger partial charge in [-0.25, -0.2) is 13.4 Å². The summed E-state index contributed by atoms with van der Waals surface area (Å²) in [6, 6.07) is 11.4. The number of ether oxygens (including phenoxy) is 1. The first-order chi connectivity index (χ1) is 14.3. The number of nitrogens with one attached hydrogen (secondary N) is 2. The first kappa shape index (κ1) is 20.6. The maximum absolute atomic E-state index is 12.6. The monoisotopic (exact) mass is 463 g/mol. The van der Waals surface area contributed by atoms with Crippen molar-refractivity contribution in [3.05, 3.63) is 58.4 Å². The molecule has 2 heterocycles. The number of aromatic nitrogens is 1. The Kier molecular flexibility index (Phi) is 5.68. The molecule has 0 aliphatic carbocycles. The molecule has 1 unspecified atom stereocenters. The number of nitrogens with zero attached hydrogens (tertiary/aromatic N) is 1. The van der Waals surface area contributed by atoms with E-state index in [1.165, 1.54) is 42.5 Å². The van der Waals surface area contributed by atoms with E-state index in [4.69, 9.17) is 16.3 Å². The molecule has 1 atom stereocenters. The molecule has 2 N–H and O–H groups in total. The average Bonchev–Trinajstić information content (AvgIpc) is 3.15. The molecule has 1 aliphatic heterocycles. The molecule has 1 aliphatic rings. The van der Waals surface area contributed by atoms with E-state index in [2.05, 4.69) is 15.0 Å². The van der Waals surface area contributed by atoms with Crippen molar-refractivity contribution in [1.82, 2.24) is 10.3 Å². The lowest BCUT2D eigenvalue weighted by atomic mass is 9.97. The molecule has 30 heavy (non-hydrogen) atoms. The second kappa shape index (κ2) is 8.25. The van der Waals surface area contributed by atoms with Crippen LogP contribution in [0.15, 0.2) is 52.7 Å². The minimum atomic E-state index is -3.76. The molecule has 3 aromatic rings. The fraction of sp³-hybridized carbons (Fsp3) is 0.200. The van der Waals surface area contributed by atoms with E-state index in [0.717, 1.165) is 16.9 Å². The molecule has 4 rings (SSSR count). The molecule has 0 saturated carbocycles. The van der Waals surface area contributed by atoms with Crippen LogP contribution in [-0.2, 0) is 14.8 Å². The number of sulfonamides is 1. The van der Waals surface area contributed by atoms with Gasteiger partial charge >= 0.3 is 0 Å². The summed E-state index contributed by atoms with van der Waals surface area (Å²) < 4.78 is 33.3. The van der Waals surface area contributed by atoms with Gasteiger partial charge in [0.25, 0.3) is 10.0 Å². The Hall–Kier alpha value is -2.62. The number of thiazole rings is 1. The number of fused-ring (bicyclic) bond motifs is 1. The van der Waals surface area contributed by atoms with Crippen molar-refractivity contribution < 1.29 is 17.9 Å². The quantitative estimate of drug-likeness (QED) is 0.590. The van der Waals surface area contributed by atoms with Crippen molar-refractivity contribution in [2.24, 2.45) is 0 Å². The average molecular weight is 464 g/mol. The lowest BCUT2D eigenvalue weighted by Gasteiger charge is -2.26. The maximum atomic E-state index is 12.6. The second-order valence-corrected chi connectivity index (χ2v) is 9.72. The standard InChI is InChI=1S/C20H18ClN3O4S2/c1-12(25)22-17-8-9-28-19-7-2-13(10-16(17)19)18-11-29-20(23-18)24-30(26,27)15-5-3-14(21)4-6-15/h2-7,10-11,17H,8-9H2,1H3,(H,22,25)(H,23,24). The van der Waals surface area contributed by atoms with Crippen molar-refractivity contribution in [3.63, 3.8) is 0 Å². The topological polar surface area (TPSA) is 97.4 Å². The number of rotatable bonds is 5. The highest BCUT2D eigenvalue weighted by Crippen LogP contribution is 2.36. The summed E-state index contributed by atoms with van der Waals surface area (Å²) in [6.07, 6.45) is 0.680. The fourth-order valence-electron chi connectivity index (χ4n) is 3.19. The molecule has 156 valence electrons. The molecule has 0 saturated heterocycles. The molecule has 1 aromatic heterocycles. The molecule has 1 amide bonds. The van der Waals surface area contributed by atoms with E-state index >= 15 is 0 Å². The van der Waals surface area contributed by atoms with Gasteiger partial charge in [0.05, 0.1) is 23.2 Å². The third-order valence-electron chi connectivity index (χ3n) is 4.57. The first-order valence-corrected chi connectivity index (χ1v) is 11.8. The van der Waals surface area contributed by atoms with Gasteiger partial charge in [-0.1, -0.05) is 11.6 Å². The summed E-state index contributed by atoms with van der Waals surface area (Å²) in [4.78, 5) is 16.0. The van der Waals surface area contributed by atoms with Crippen LogP contribution in [0.25, 0.3) is 11.3 Å². The summed E-state index contributed by atoms with van der Waals surface area (Å²) in [5, 5.41) is 5.43. The van der Waals surface area contributed by atoms with Crippen molar-refractivity contribution in [2.45, 2.75) is 24.3 Å². The SMILES string of the molecule is CC(=O)NC1CCOc2ccc(-c3csc(NS(=O)(=O)c4ccc(Cl)cc4)n3)cc21. The maximum Gasteiger partial charge on any atom is 0.263 e. The van der Waals surface area contributed by atoms with E-state index in [1.807, 2.05) is 18.2 Å². The number of hydrogen-bond donors (Lipinski definition) is 2. The molecule has 0 fully saturated rings. The van der Waals surface area contributed by atoms with Gasteiger partial charge < -0.3 is 10.1 Å². The zero-order valence-electron chi connectivity index (χ0n) is 15.9. The van der Waals surface area contributed by atoms with Crippen LogP contribution in [-0.4, -0.2) is 25.9 Å². The van der Waals surface area contributed by atoms with Gasteiger partial charge in [0.2, 0.25) is 5.91 Å². The zero-order valence-corrected chi connectivity index (χ0v) is 18.3. The molecule has 10 heteroatoms. The smallest absolute Gasteiger partial charge is 0.263 e. The third kappa shape index (κ3) is 4.43. The number of carbonyl (C=O) groups is 1. The van der Waals surface area contributed by atoms with E-state index in [0.29, 0.717) is 23.7 Å².